The second kappa shape index (κ2) is 4.18. The van der Waals surface area contributed by atoms with E-state index in [1.165, 1.54) is 12.1 Å². The molecule has 0 unspecified atom stereocenters. The molecule has 0 N–H and O–H groups in total. The van der Waals surface area contributed by atoms with Gasteiger partial charge in [-0.3, -0.25) is 0 Å². The fourth-order valence-electron chi connectivity index (χ4n) is 2.08. The molecule has 3 aromatic rings. The molecular weight excluding hydrogens is 229 g/mol. The lowest BCUT2D eigenvalue weighted by atomic mass is 10.2. The minimum absolute atomic E-state index is 0.282. The maximum absolute atomic E-state index is 13.4. The Balaban J connectivity index is 2.29. The Labute approximate surface area is 104 Å². The molecule has 89 valence electrons. The molecule has 0 atom stereocenters. The van der Waals surface area contributed by atoms with E-state index in [1.807, 2.05) is 35.0 Å². The number of methoxy groups -OCH3 is 1. The summed E-state index contributed by atoms with van der Waals surface area (Å²) in [4.78, 5) is 0. The van der Waals surface area contributed by atoms with Gasteiger partial charge in [0.15, 0.2) is 0 Å². The van der Waals surface area contributed by atoms with Gasteiger partial charge in [-0.25, -0.2) is 4.39 Å². The highest BCUT2D eigenvalue weighted by Gasteiger charge is 2.09. The molecule has 0 amide bonds. The summed E-state index contributed by atoms with van der Waals surface area (Å²) in [7, 11) is 1.58. The first-order valence-electron chi connectivity index (χ1n) is 5.60. The number of hydrogen-bond donors (Lipinski definition) is 0. The summed E-state index contributed by atoms with van der Waals surface area (Å²) < 4.78 is 20.6. The molecule has 1 radical (unpaired) electrons. The van der Waals surface area contributed by atoms with E-state index in [9.17, 15) is 4.39 Å². The number of benzene rings is 2. The number of aromatic nitrogens is 1. The molecule has 18 heavy (non-hydrogen) atoms. The first-order valence-corrected chi connectivity index (χ1v) is 5.60. The molecule has 1 heterocycles. The average molecular weight is 240 g/mol. The van der Waals surface area contributed by atoms with Crippen molar-refractivity contribution < 1.29 is 9.13 Å². The summed E-state index contributed by atoms with van der Waals surface area (Å²) in [5.74, 6) is 0.358. The van der Waals surface area contributed by atoms with Crippen molar-refractivity contribution in [3.05, 3.63) is 60.5 Å². The minimum atomic E-state index is -0.282. The fourth-order valence-corrected chi connectivity index (χ4v) is 2.08. The minimum Gasteiger partial charge on any atom is -0.495 e. The van der Waals surface area contributed by atoms with Gasteiger partial charge < -0.3 is 9.30 Å². The zero-order valence-electron chi connectivity index (χ0n) is 9.85. The molecule has 0 saturated heterocycles. The van der Waals surface area contributed by atoms with Gasteiger partial charge in [0.05, 0.1) is 18.3 Å². The number of nitrogens with zero attached hydrogens (tertiary/aromatic N) is 1. The zero-order chi connectivity index (χ0) is 12.5. The van der Waals surface area contributed by atoms with Crippen molar-refractivity contribution in [1.82, 2.24) is 4.57 Å². The van der Waals surface area contributed by atoms with E-state index in [0.29, 0.717) is 11.4 Å². The van der Waals surface area contributed by atoms with Crippen LogP contribution in [-0.4, -0.2) is 11.7 Å². The molecule has 0 fully saturated rings. The number of ether oxygens (including phenoxy) is 1. The molecular formula is C15H11FNO. The molecule has 3 heteroatoms. The highest BCUT2D eigenvalue weighted by molar-refractivity contribution is 5.82. The second-order valence-corrected chi connectivity index (χ2v) is 3.99. The van der Waals surface area contributed by atoms with Gasteiger partial charge in [-0.2, -0.15) is 0 Å². The van der Waals surface area contributed by atoms with Crippen LogP contribution in [0.4, 0.5) is 4.39 Å². The molecule has 0 spiro atoms. The van der Waals surface area contributed by atoms with Gasteiger partial charge in [0.2, 0.25) is 0 Å². The lowest BCUT2D eigenvalue weighted by Gasteiger charge is -2.10. The first-order chi connectivity index (χ1) is 8.79. The molecule has 0 bridgehead atoms. The zero-order valence-corrected chi connectivity index (χ0v) is 9.85. The highest BCUT2D eigenvalue weighted by atomic mass is 19.1. The van der Waals surface area contributed by atoms with Crippen LogP contribution in [0.25, 0.3) is 16.6 Å². The van der Waals surface area contributed by atoms with Crippen LogP contribution in [0, 0.1) is 11.9 Å². The summed E-state index contributed by atoms with van der Waals surface area (Å²) in [6.07, 6.45) is 1.90. The Morgan fingerprint density at radius 2 is 2.11 bits per heavy atom. The van der Waals surface area contributed by atoms with Gasteiger partial charge in [0.1, 0.15) is 11.6 Å². The summed E-state index contributed by atoms with van der Waals surface area (Å²) in [6, 6.07) is 15.2. The van der Waals surface area contributed by atoms with Crippen LogP contribution in [0.3, 0.4) is 0 Å². The van der Waals surface area contributed by atoms with Crippen molar-refractivity contribution in [3.8, 4) is 11.4 Å². The Bertz CT molecular complexity index is 703. The Morgan fingerprint density at radius 3 is 2.94 bits per heavy atom. The maximum Gasteiger partial charge on any atom is 0.143 e. The smallest absolute Gasteiger partial charge is 0.143 e. The van der Waals surface area contributed by atoms with Gasteiger partial charge >= 0.3 is 0 Å². The monoisotopic (exact) mass is 240 g/mol. The van der Waals surface area contributed by atoms with Crippen LogP contribution in [0.2, 0.25) is 0 Å². The predicted octanol–water partition coefficient (Wildman–Crippen LogP) is 3.58. The van der Waals surface area contributed by atoms with Crippen LogP contribution in [0.1, 0.15) is 0 Å². The Hall–Kier alpha value is -2.29. The molecule has 2 nitrogen and oxygen atoms in total. The molecule has 0 aliphatic carbocycles. The summed E-state index contributed by atoms with van der Waals surface area (Å²) in [5.41, 5.74) is 1.69. The third-order valence-corrected chi connectivity index (χ3v) is 2.94. The number of rotatable bonds is 2. The van der Waals surface area contributed by atoms with Crippen LogP contribution >= 0.6 is 0 Å². The third kappa shape index (κ3) is 1.64. The van der Waals surface area contributed by atoms with Crippen molar-refractivity contribution in [1.29, 1.82) is 0 Å². The summed E-state index contributed by atoms with van der Waals surface area (Å²) >= 11 is 0. The Morgan fingerprint density at radius 1 is 1.22 bits per heavy atom. The second-order valence-electron chi connectivity index (χ2n) is 3.99. The fraction of sp³-hybridized carbons (Fsp3) is 0.0667. The summed E-state index contributed by atoms with van der Waals surface area (Å²) in [6.45, 7) is 0. The van der Waals surface area contributed by atoms with Gasteiger partial charge in [0, 0.05) is 17.6 Å². The average Bonchev–Trinajstić information content (AvgIpc) is 2.82. The van der Waals surface area contributed by atoms with Crippen molar-refractivity contribution in [2.45, 2.75) is 0 Å². The molecule has 3 rings (SSSR count). The van der Waals surface area contributed by atoms with E-state index in [4.69, 9.17) is 4.74 Å². The lowest BCUT2D eigenvalue weighted by molar-refractivity contribution is 0.412. The molecule has 0 aliphatic heterocycles. The third-order valence-electron chi connectivity index (χ3n) is 2.94. The van der Waals surface area contributed by atoms with Crippen LogP contribution in [-0.2, 0) is 0 Å². The quantitative estimate of drug-likeness (QED) is 0.667. The van der Waals surface area contributed by atoms with Crippen LogP contribution in [0.5, 0.6) is 5.75 Å². The van der Waals surface area contributed by atoms with E-state index in [2.05, 4.69) is 6.07 Å². The van der Waals surface area contributed by atoms with E-state index >= 15 is 0 Å². The van der Waals surface area contributed by atoms with Crippen molar-refractivity contribution in [2.24, 2.45) is 0 Å². The predicted molar refractivity (Wildman–Crippen MR) is 68.6 cm³/mol. The molecule has 0 aliphatic rings. The van der Waals surface area contributed by atoms with Crippen molar-refractivity contribution >= 4 is 10.9 Å². The van der Waals surface area contributed by atoms with Crippen molar-refractivity contribution in [2.75, 3.05) is 7.11 Å². The molecule has 0 saturated carbocycles. The number of fused-ring (bicyclic) bond motifs is 1. The molecule has 1 aromatic heterocycles. The maximum atomic E-state index is 13.4. The van der Waals surface area contributed by atoms with Crippen LogP contribution < -0.4 is 4.74 Å². The van der Waals surface area contributed by atoms with E-state index in [0.717, 1.165) is 10.9 Å². The summed E-state index contributed by atoms with van der Waals surface area (Å²) in [5, 5.41) is 1.06. The standard InChI is InChI=1S/C15H11FNO/c1-18-15-7-6-12(16)10-14(15)17-9-8-11-4-2-3-5-13(11)17/h3-10H,1H3. The van der Waals surface area contributed by atoms with E-state index < -0.39 is 0 Å². The van der Waals surface area contributed by atoms with Gasteiger partial charge in [-0.1, -0.05) is 6.07 Å². The van der Waals surface area contributed by atoms with Crippen molar-refractivity contribution in [3.63, 3.8) is 0 Å². The highest BCUT2D eigenvalue weighted by Crippen LogP contribution is 2.27. The van der Waals surface area contributed by atoms with Gasteiger partial charge in [-0.05, 0) is 36.4 Å². The Kier molecular flexibility index (Phi) is 2.52. The van der Waals surface area contributed by atoms with E-state index in [1.54, 1.807) is 13.2 Å². The van der Waals surface area contributed by atoms with Crippen LogP contribution in [0.15, 0.2) is 48.7 Å². The van der Waals surface area contributed by atoms with Gasteiger partial charge in [-0.15, -0.1) is 0 Å². The van der Waals surface area contributed by atoms with Gasteiger partial charge in [0.25, 0.3) is 0 Å². The molecule has 2 aromatic carbocycles. The topological polar surface area (TPSA) is 14.2 Å². The first kappa shape index (κ1) is 10.8. The SMILES string of the molecule is COc1ccc(F)cc1-n1ccc2c[c]ccc21. The van der Waals surface area contributed by atoms with E-state index in [-0.39, 0.29) is 5.82 Å². The lowest BCUT2D eigenvalue weighted by Crippen LogP contribution is -1.97. The number of hydrogen-bond acceptors (Lipinski definition) is 1. The number of halogens is 1. The normalized spacial score (nSPS) is 10.8. The largest absolute Gasteiger partial charge is 0.495 e.